The predicted octanol–water partition coefficient (Wildman–Crippen LogP) is 2.17. The maximum Gasteiger partial charge on any atom is 0.230 e. The van der Waals surface area contributed by atoms with Crippen LogP contribution in [0.25, 0.3) is 0 Å². The van der Waals surface area contributed by atoms with Crippen molar-refractivity contribution in [3.63, 3.8) is 0 Å². The number of anilines is 1. The highest BCUT2D eigenvalue weighted by molar-refractivity contribution is 5.91. The molecule has 20 heavy (non-hydrogen) atoms. The van der Waals surface area contributed by atoms with E-state index in [2.05, 4.69) is 29.4 Å². The third kappa shape index (κ3) is 3.45. The molecular weight excluding hydrogens is 252 g/mol. The molecule has 0 aliphatic heterocycles. The number of rotatable bonds is 5. The van der Waals surface area contributed by atoms with Crippen molar-refractivity contribution < 1.29 is 4.79 Å². The van der Waals surface area contributed by atoms with Crippen LogP contribution in [0, 0.1) is 0 Å². The number of hydrogen-bond donors (Lipinski definition) is 3. The summed E-state index contributed by atoms with van der Waals surface area (Å²) in [6, 6.07) is 9.55. The first-order chi connectivity index (χ1) is 9.60. The van der Waals surface area contributed by atoms with Gasteiger partial charge in [-0.2, -0.15) is 5.10 Å². The van der Waals surface area contributed by atoms with Crippen LogP contribution in [0.5, 0.6) is 0 Å². The zero-order valence-corrected chi connectivity index (χ0v) is 11.8. The molecule has 0 bridgehead atoms. The normalized spacial score (nSPS) is 10.8. The molecule has 0 aliphatic rings. The Balaban J connectivity index is 2.01. The summed E-state index contributed by atoms with van der Waals surface area (Å²) in [5.41, 5.74) is 8.61. The van der Waals surface area contributed by atoms with Crippen molar-refractivity contribution in [3.8, 4) is 0 Å². The highest BCUT2D eigenvalue weighted by Crippen LogP contribution is 2.15. The summed E-state index contributed by atoms with van der Waals surface area (Å²) < 4.78 is 0. The smallest absolute Gasteiger partial charge is 0.230 e. The molecule has 0 aliphatic carbocycles. The van der Waals surface area contributed by atoms with Gasteiger partial charge in [0.2, 0.25) is 5.91 Å². The first-order valence-corrected chi connectivity index (χ1v) is 6.72. The van der Waals surface area contributed by atoms with Crippen LogP contribution >= 0.6 is 0 Å². The molecule has 0 fully saturated rings. The summed E-state index contributed by atoms with van der Waals surface area (Å²) in [6.07, 6.45) is 0.303. The number of hydrogen-bond acceptors (Lipinski definition) is 3. The van der Waals surface area contributed by atoms with E-state index < -0.39 is 0 Å². The number of H-pyrrole nitrogens is 1. The Labute approximate surface area is 118 Å². The van der Waals surface area contributed by atoms with Gasteiger partial charge in [-0.1, -0.05) is 38.1 Å². The van der Waals surface area contributed by atoms with E-state index in [9.17, 15) is 4.79 Å². The van der Waals surface area contributed by atoms with Gasteiger partial charge in [-0.05, 0) is 17.0 Å². The maximum atomic E-state index is 12.0. The molecule has 0 spiro atoms. The van der Waals surface area contributed by atoms with E-state index in [1.54, 1.807) is 0 Å². The Bertz CT molecular complexity index is 589. The zero-order valence-electron chi connectivity index (χ0n) is 11.8. The first-order valence-electron chi connectivity index (χ1n) is 6.72. The lowest BCUT2D eigenvalue weighted by Crippen LogP contribution is -2.16. The molecular formula is C15H20N4O. The van der Waals surface area contributed by atoms with Crippen LogP contribution in [0.3, 0.4) is 0 Å². The van der Waals surface area contributed by atoms with Gasteiger partial charge in [0.1, 0.15) is 0 Å². The van der Waals surface area contributed by atoms with Crippen molar-refractivity contribution in [1.82, 2.24) is 10.2 Å². The third-order valence-corrected chi connectivity index (χ3v) is 3.18. The molecule has 4 N–H and O–H groups in total. The Morgan fingerprint density at radius 3 is 2.65 bits per heavy atom. The first kappa shape index (κ1) is 14.3. The van der Waals surface area contributed by atoms with E-state index >= 15 is 0 Å². The summed E-state index contributed by atoms with van der Waals surface area (Å²) in [5.74, 6) is 0.822. The van der Waals surface area contributed by atoms with Gasteiger partial charge in [-0.3, -0.25) is 9.89 Å². The number of carbonyl (C=O) groups excluding carboxylic acids is 1. The second-order valence-corrected chi connectivity index (χ2v) is 5.06. The molecule has 2 rings (SSSR count). The molecule has 0 radical (unpaired) electrons. The number of carbonyl (C=O) groups is 1. The van der Waals surface area contributed by atoms with Gasteiger partial charge >= 0.3 is 0 Å². The molecule has 5 heteroatoms. The topological polar surface area (TPSA) is 83.8 Å². The number of nitrogens with zero attached hydrogens (tertiary/aromatic N) is 1. The van der Waals surface area contributed by atoms with Gasteiger partial charge in [0.05, 0.1) is 6.42 Å². The van der Waals surface area contributed by atoms with Crippen molar-refractivity contribution in [2.24, 2.45) is 5.73 Å². The molecule has 1 aromatic carbocycles. The minimum Gasteiger partial charge on any atom is -0.326 e. The second-order valence-electron chi connectivity index (χ2n) is 5.06. The Morgan fingerprint density at radius 1 is 1.35 bits per heavy atom. The minimum absolute atomic E-state index is 0.0901. The van der Waals surface area contributed by atoms with E-state index in [4.69, 9.17) is 5.73 Å². The van der Waals surface area contributed by atoms with Crippen molar-refractivity contribution in [3.05, 3.63) is 47.2 Å². The third-order valence-electron chi connectivity index (χ3n) is 3.18. The zero-order chi connectivity index (χ0) is 14.5. The summed E-state index contributed by atoms with van der Waals surface area (Å²) in [4.78, 5) is 12.0. The molecule has 5 nitrogen and oxygen atoms in total. The number of benzene rings is 1. The summed E-state index contributed by atoms with van der Waals surface area (Å²) in [6.45, 7) is 4.57. The molecule has 1 heterocycles. The highest BCUT2D eigenvalue weighted by atomic mass is 16.1. The molecule has 1 amide bonds. The number of amides is 1. The van der Waals surface area contributed by atoms with Crippen molar-refractivity contribution in [2.45, 2.75) is 32.7 Å². The van der Waals surface area contributed by atoms with Crippen LogP contribution in [0.15, 0.2) is 30.3 Å². The van der Waals surface area contributed by atoms with E-state index in [1.807, 2.05) is 30.3 Å². The van der Waals surface area contributed by atoms with Crippen LogP contribution in [0.2, 0.25) is 0 Å². The fourth-order valence-corrected chi connectivity index (χ4v) is 1.99. The molecule has 0 saturated carbocycles. The van der Waals surface area contributed by atoms with Gasteiger partial charge in [-0.15, -0.1) is 0 Å². The molecule has 2 aromatic rings. The lowest BCUT2D eigenvalue weighted by atomic mass is 10.0. The number of nitrogens with one attached hydrogen (secondary N) is 2. The van der Waals surface area contributed by atoms with Gasteiger partial charge in [0.15, 0.2) is 5.82 Å². The fraction of sp³-hybridized carbons (Fsp3) is 0.333. The molecule has 0 unspecified atom stereocenters. The molecule has 0 saturated heterocycles. The molecule has 106 valence electrons. The van der Waals surface area contributed by atoms with E-state index in [0.29, 0.717) is 24.7 Å². The lowest BCUT2D eigenvalue weighted by molar-refractivity contribution is -0.115. The summed E-state index contributed by atoms with van der Waals surface area (Å²) in [5, 5.41) is 9.79. The monoisotopic (exact) mass is 272 g/mol. The average Bonchev–Trinajstić information content (AvgIpc) is 2.88. The lowest BCUT2D eigenvalue weighted by Gasteiger charge is -2.07. The van der Waals surface area contributed by atoms with E-state index in [1.165, 1.54) is 0 Å². The van der Waals surface area contributed by atoms with Crippen LogP contribution in [0.1, 0.15) is 36.6 Å². The van der Waals surface area contributed by atoms with Crippen molar-refractivity contribution in [2.75, 3.05) is 5.32 Å². The maximum absolute atomic E-state index is 12.0. The standard InChI is InChI=1S/C15H20N4O/c1-10(2)13-8-14(19-18-13)17-15(20)7-11-5-3-4-6-12(11)9-16/h3-6,8,10H,7,9,16H2,1-2H3,(H2,17,18,19,20). The average molecular weight is 272 g/mol. The molecule has 0 atom stereocenters. The highest BCUT2D eigenvalue weighted by Gasteiger charge is 2.10. The van der Waals surface area contributed by atoms with Gasteiger partial charge < -0.3 is 11.1 Å². The van der Waals surface area contributed by atoms with E-state index in [-0.39, 0.29) is 5.91 Å². The quantitative estimate of drug-likeness (QED) is 0.780. The number of aromatic nitrogens is 2. The second kappa shape index (κ2) is 6.34. The Morgan fingerprint density at radius 2 is 2.05 bits per heavy atom. The van der Waals surface area contributed by atoms with Crippen molar-refractivity contribution in [1.29, 1.82) is 0 Å². The molecule has 1 aromatic heterocycles. The van der Waals surface area contributed by atoms with Crippen LogP contribution < -0.4 is 11.1 Å². The van der Waals surface area contributed by atoms with Gasteiger partial charge in [0.25, 0.3) is 0 Å². The largest absolute Gasteiger partial charge is 0.326 e. The Kier molecular flexibility index (Phi) is 4.53. The van der Waals surface area contributed by atoms with Crippen LogP contribution in [-0.2, 0) is 17.8 Å². The van der Waals surface area contributed by atoms with Crippen LogP contribution in [-0.4, -0.2) is 16.1 Å². The van der Waals surface area contributed by atoms with Gasteiger partial charge in [-0.25, -0.2) is 0 Å². The SMILES string of the molecule is CC(C)c1cc(NC(=O)Cc2ccccc2CN)n[nH]1. The van der Waals surface area contributed by atoms with Gasteiger partial charge in [0, 0.05) is 18.3 Å². The number of nitrogens with two attached hydrogens (primary N) is 1. The summed E-state index contributed by atoms with van der Waals surface area (Å²) >= 11 is 0. The Hall–Kier alpha value is -2.14. The minimum atomic E-state index is -0.0901. The van der Waals surface area contributed by atoms with E-state index in [0.717, 1.165) is 16.8 Å². The van der Waals surface area contributed by atoms with Crippen molar-refractivity contribution >= 4 is 11.7 Å². The predicted molar refractivity (Wildman–Crippen MR) is 79.3 cm³/mol. The van der Waals surface area contributed by atoms with Crippen LogP contribution in [0.4, 0.5) is 5.82 Å². The number of aromatic amines is 1. The summed E-state index contributed by atoms with van der Waals surface area (Å²) in [7, 11) is 0. The fourth-order valence-electron chi connectivity index (χ4n) is 1.99.